The summed E-state index contributed by atoms with van der Waals surface area (Å²) in [5.74, 6) is 0.426. The van der Waals surface area contributed by atoms with Crippen LogP contribution in [0.4, 0.5) is 0 Å². The third-order valence-electron chi connectivity index (χ3n) is 9.78. The highest BCUT2D eigenvalue weighted by Gasteiger charge is 2.64. The quantitative estimate of drug-likeness (QED) is 0.537. The van der Waals surface area contributed by atoms with Crippen molar-refractivity contribution in [2.45, 2.75) is 90.4 Å². The highest BCUT2D eigenvalue weighted by molar-refractivity contribution is 5.66. The maximum absolute atomic E-state index is 11.5. The SMILES string of the molecule is C[C@@H](CCC(=O)O)[C@@H]1CC[C@@H]2[C@H]3[C@H](O)C=C4C[C@@H](O)CC[C@]4(C)[C@@H]3C[C@@H](O)[C@@]21C. The number of hydrogen-bond acceptors (Lipinski definition) is 4. The number of carboxylic acids is 1. The molecule has 0 aromatic heterocycles. The third-order valence-corrected chi connectivity index (χ3v) is 9.78. The second-order valence-electron chi connectivity index (χ2n) is 11.0. The van der Waals surface area contributed by atoms with Crippen LogP contribution in [0, 0.1) is 40.4 Å². The van der Waals surface area contributed by atoms with Crippen molar-refractivity contribution in [2.75, 3.05) is 0 Å². The van der Waals surface area contributed by atoms with E-state index in [0.29, 0.717) is 25.2 Å². The minimum atomic E-state index is -0.756. The molecule has 3 saturated carbocycles. The van der Waals surface area contributed by atoms with E-state index in [2.05, 4.69) is 20.8 Å². The standard InChI is InChI=1S/C24H38O5/c1-13(4-7-21(28)29)16-5-6-17-22-18(12-20(27)24(16,17)3)23(2)9-8-15(25)10-14(23)11-19(22)26/h11,13,15-20,22,25-27H,4-10,12H2,1-3H3,(H,28,29)/t13-,15-,16-,17+,18+,19+,20+,22+,23-,24+/m0/s1. The van der Waals surface area contributed by atoms with Gasteiger partial charge in [0.1, 0.15) is 0 Å². The number of carboxylic acid groups (broad SMARTS) is 1. The first-order valence-corrected chi connectivity index (χ1v) is 11.6. The molecule has 4 aliphatic carbocycles. The van der Waals surface area contributed by atoms with Crippen LogP contribution in [0.2, 0.25) is 0 Å². The van der Waals surface area contributed by atoms with E-state index >= 15 is 0 Å². The second-order valence-corrected chi connectivity index (χ2v) is 11.0. The lowest BCUT2D eigenvalue weighted by molar-refractivity contribution is -0.158. The van der Waals surface area contributed by atoms with Crippen molar-refractivity contribution in [3.63, 3.8) is 0 Å². The van der Waals surface area contributed by atoms with Crippen LogP contribution in [0.25, 0.3) is 0 Å². The predicted molar refractivity (Wildman–Crippen MR) is 110 cm³/mol. The molecule has 0 amide bonds. The summed E-state index contributed by atoms with van der Waals surface area (Å²) in [7, 11) is 0. The number of fused-ring (bicyclic) bond motifs is 5. The third kappa shape index (κ3) is 3.19. The second kappa shape index (κ2) is 7.35. The Morgan fingerprint density at radius 3 is 2.59 bits per heavy atom. The largest absolute Gasteiger partial charge is 0.481 e. The van der Waals surface area contributed by atoms with E-state index in [9.17, 15) is 20.1 Å². The van der Waals surface area contributed by atoms with E-state index in [1.54, 1.807) is 0 Å². The van der Waals surface area contributed by atoms with Gasteiger partial charge in [-0.1, -0.05) is 32.4 Å². The maximum Gasteiger partial charge on any atom is 0.303 e. The fourth-order valence-corrected chi connectivity index (χ4v) is 8.12. The molecule has 0 heterocycles. The molecule has 3 fully saturated rings. The summed E-state index contributed by atoms with van der Waals surface area (Å²) in [5, 5.41) is 41.9. The molecule has 0 aromatic rings. The number of aliphatic carboxylic acids is 1. The zero-order chi connectivity index (χ0) is 21.1. The summed E-state index contributed by atoms with van der Waals surface area (Å²) in [6, 6.07) is 0. The van der Waals surface area contributed by atoms with Gasteiger partial charge in [-0.2, -0.15) is 0 Å². The summed E-state index contributed by atoms with van der Waals surface area (Å²) >= 11 is 0. The van der Waals surface area contributed by atoms with Crippen molar-refractivity contribution < 1.29 is 25.2 Å². The van der Waals surface area contributed by atoms with Crippen LogP contribution < -0.4 is 0 Å². The van der Waals surface area contributed by atoms with Crippen LogP contribution in [0.1, 0.15) is 72.1 Å². The van der Waals surface area contributed by atoms with Crippen LogP contribution >= 0.6 is 0 Å². The molecule has 0 radical (unpaired) electrons. The molecule has 0 aliphatic heterocycles. The molecule has 4 rings (SSSR count). The lowest BCUT2D eigenvalue weighted by Gasteiger charge is -2.61. The van der Waals surface area contributed by atoms with E-state index in [1.165, 1.54) is 5.57 Å². The normalized spacial score (nSPS) is 50.1. The average Bonchev–Trinajstić information content (AvgIpc) is 3.01. The summed E-state index contributed by atoms with van der Waals surface area (Å²) in [5.41, 5.74) is 0.874. The van der Waals surface area contributed by atoms with Gasteiger partial charge in [0, 0.05) is 6.42 Å². The van der Waals surface area contributed by atoms with Crippen LogP contribution in [-0.4, -0.2) is 44.7 Å². The Labute approximate surface area is 174 Å². The van der Waals surface area contributed by atoms with E-state index in [0.717, 1.165) is 25.7 Å². The van der Waals surface area contributed by atoms with Crippen molar-refractivity contribution >= 4 is 5.97 Å². The van der Waals surface area contributed by atoms with Gasteiger partial charge in [-0.05, 0) is 85.4 Å². The Bertz CT molecular complexity index is 689. The van der Waals surface area contributed by atoms with E-state index in [4.69, 9.17) is 5.11 Å². The fraction of sp³-hybridized carbons (Fsp3) is 0.875. The average molecular weight is 407 g/mol. The highest BCUT2D eigenvalue weighted by atomic mass is 16.4. The van der Waals surface area contributed by atoms with Gasteiger partial charge in [0.2, 0.25) is 0 Å². The summed E-state index contributed by atoms with van der Waals surface area (Å²) in [4.78, 5) is 11.1. The topological polar surface area (TPSA) is 98.0 Å². The Morgan fingerprint density at radius 1 is 1.17 bits per heavy atom. The Balaban J connectivity index is 1.64. The highest BCUT2D eigenvalue weighted by Crippen LogP contribution is 2.67. The van der Waals surface area contributed by atoms with Crippen molar-refractivity contribution in [3.05, 3.63) is 11.6 Å². The van der Waals surface area contributed by atoms with Gasteiger partial charge in [0.05, 0.1) is 18.3 Å². The first-order chi connectivity index (χ1) is 13.6. The zero-order valence-electron chi connectivity index (χ0n) is 18.1. The van der Waals surface area contributed by atoms with Crippen molar-refractivity contribution in [2.24, 2.45) is 40.4 Å². The van der Waals surface area contributed by atoms with Crippen LogP contribution in [0.5, 0.6) is 0 Å². The first kappa shape index (κ1) is 21.3. The zero-order valence-corrected chi connectivity index (χ0v) is 18.1. The van der Waals surface area contributed by atoms with Crippen molar-refractivity contribution in [1.29, 1.82) is 0 Å². The van der Waals surface area contributed by atoms with E-state index in [-0.39, 0.29) is 47.0 Å². The van der Waals surface area contributed by atoms with E-state index in [1.807, 2.05) is 6.08 Å². The van der Waals surface area contributed by atoms with Crippen molar-refractivity contribution in [3.8, 4) is 0 Å². The van der Waals surface area contributed by atoms with Gasteiger partial charge in [0.25, 0.3) is 0 Å². The molecule has 5 nitrogen and oxygen atoms in total. The molecular formula is C24H38O5. The van der Waals surface area contributed by atoms with Gasteiger partial charge in [-0.3, -0.25) is 4.79 Å². The van der Waals surface area contributed by atoms with Gasteiger partial charge in [-0.15, -0.1) is 0 Å². The van der Waals surface area contributed by atoms with Gasteiger partial charge in [0.15, 0.2) is 0 Å². The summed E-state index contributed by atoms with van der Waals surface area (Å²) < 4.78 is 0. The van der Waals surface area contributed by atoms with Gasteiger partial charge in [-0.25, -0.2) is 0 Å². The molecule has 5 heteroatoms. The molecule has 4 N–H and O–H groups in total. The molecule has 0 saturated heterocycles. The molecule has 0 unspecified atom stereocenters. The molecule has 0 spiro atoms. The minimum absolute atomic E-state index is 0.0432. The van der Waals surface area contributed by atoms with Crippen LogP contribution in [0.15, 0.2) is 11.6 Å². The number of aliphatic hydroxyl groups is 3. The molecule has 0 aromatic carbocycles. The Morgan fingerprint density at radius 2 is 1.90 bits per heavy atom. The minimum Gasteiger partial charge on any atom is -0.481 e. The first-order valence-electron chi connectivity index (χ1n) is 11.6. The van der Waals surface area contributed by atoms with Crippen LogP contribution in [0.3, 0.4) is 0 Å². The number of aliphatic hydroxyl groups excluding tert-OH is 3. The van der Waals surface area contributed by atoms with Gasteiger partial charge < -0.3 is 20.4 Å². The van der Waals surface area contributed by atoms with Crippen LogP contribution in [-0.2, 0) is 4.79 Å². The molecule has 10 atom stereocenters. The maximum atomic E-state index is 11.5. The summed E-state index contributed by atoms with van der Waals surface area (Å²) in [6.07, 6.45) is 6.64. The molecule has 164 valence electrons. The fourth-order valence-electron chi connectivity index (χ4n) is 8.12. The molecule has 29 heavy (non-hydrogen) atoms. The molecular weight excluding hydrogens is 368 g/mol. The lowest BCUT2D eigenvalue weighted by Crippen LogP contribution is -2.59. The lowest BCUT2D eigenvalue weighted by atomic mass is 9.45. The number of hydrogen-bond donors (Lipinski definition) is 4. The number of carbonyl (C=O) groups is 1. The molecule has 0 bridgehead atoms. The predicted octanol–water partition coefficient (Wildman–Crippen LogP) is 3.37. The van der Waals surface area contributed by atoms with Gasteiger partial charge >= 0.3 is 5.97 Å². The Kier molecular flexibility index (Phi) is 5.40. The molecule has 4 aliphatic rings. The monoisotopic (exact) mass is 406 g/mol. The number of rotatable bonds is 4. The van der Waals surface area contributed by atoms with Crippen molar-refractivity contribution in [1.82, 2.24) is 0 Å². The smallest absolute Gasteiger partial charge is 0.303 e. The Hall–Kier alpha value is -0.910. The van der Waals surface area contributed by atoms with E-state index < -0.39 is 18.2 Å². The summed E-state index contributed by atoms with van der Waals surface area (Å²) in [6.45, 7) is 6.62.